The van der Waals surface area contributed by atoms with Gasteiger partial charge in [-0.1, -0.05) is 35.3 Å². The topological polar surface area (TPSA) is 13.1 Å². The molecule has 2 aromatic carbocycles. The Morgan fingerprint density at radius 1 is 0.733 bits per heavy atom. The van der Waals surface area contributed by atoms with Gasteiger partial charge in [-0.3, -0.25) is 0 Å². The lowest BCUT2D eigenvalue weighted by atomic mass is 10.1. The highest BCUT2D eigenvalue weighted by Gasteiger charge is 2.11. The summed E-state index contributed by atoms with van der Waals surface area (Å²) < 4.78 is 5.65. The molecule has 0 bridgehead atoms. The maximum atomic E-state index is 6.13. The second-order valence-electron chi connectivity index (χ2n) is 3.33. The van der Waals surface area contributed by atoms with Crippen LogP contribution in [0.25, 0.3) is 21.9 Å². The summed E-state index contributed by atoms with van der Waals surface area (Å²) in [5.41, 5.74) is 1.54. The van der Waals surface area contributed by atoms with E-state index in [4.69, 9.17) is 27.6 Å². The lowest BCUT2D eigenvalue weighted by Crippen LogP contribution is -1.70. The van der Waals surface area contributed by atoms with E-state index in [0.717, 1.165) is 21.9 Å². The van der Waals surface area contributed by atoms with Crippen LogP contribution in [0.3, 0.4) is 0 Å². The fraction of sp³-hybridized carbons (Fsp3) is 0. The van der Waals surface area contributed by atoms with Crippen molar-refractivity contribution >= 4 is 45.1 Å². The molecule has 0 N–H and O–H groups in total. The van der Waals surface area contributed by atoms with E-state index in [2.05, 4.69) is 0 Å². The average Bonchev–Trinajstić information content (AvgIpc) is 2.58. The van der Waals surface area contributed by atoms with Crippen molar-refractivity contribution in [3.63, 3.8) is 0 Å². The summed E-state index contributed by atoms with van der Waals surface area (Å²) in [6, 6.07) is 11.2. The Hall–Kier alpha value is -1.18. The minimum absolute atomic E-state index is 0.666. The summed E-state index contributed by atoms with van der Waals surface area (Å²) in [6.07, 6.45) is 0. The first-order valence-electron chi connectivity index (χ1n) is 4.52. The molecule has 74 valence electrons. The van der Waals surface area contributed by atoms with Gasteiger partial charge in [0, 0.05) is 10.8 Å². The molecule has 0 amide bonds. The molecular formula is C12H6Cl2O. The highest BCUT2D eigenvalue weighted by molar-refractivity contribution is 6.42. The van der Waals surface area contributed by atoms with Crippen LogP contribution in [0.2, 0.25) is 10.0 Å². The molecule has 1 heterocycles. The molecular weight excluding hydrogens is 231 g/mol. The van der Waals surface area contributed by atoms with Crippen LogP contribution in [0.5, 0.6) is 0 Å². The maximum Gasteiger partial charge on any atom is 0.136 e. The molecule has 15 heavy (non-hydrogen) atoms. The highest BCUT2D eigenvalue weighted by atomic mass is 35.5. The third-order valence-corrected chi connectivity index (χ3v) is 3.05. The van der Waals surface area contributed by atoms with Crippen LogP contribution in [0, 0.1) is 0 Å². The predicted molar refractivity (Wildman–Crippen MR) is 63.7 cm³/mol. The summed E-state index contributed by atoms with van der Waals surface area (Å²) in [4.78, 5) is 0. The molecule has 3 rings (SSSR count). The smallest absolute Gasteiger partial charge is 0.136 e. The van der Waals surface area contributed by atoms with Crippen molar-refractivity contribution < 1.29 is 4.42 Å². The van der Waals surface area contributed by atoms with Gasteiger partial charge in [-0.15, -0.1) is 0 Å². The highest BCUT2D eigenvalue weighted by Crippen LogP contribution is 2.37. The Morgan fingerprint density at radius 3 is 1.67 bits per heavy atom. The molecule has 0 saturated carbocycles. The van der Waals surface area contributed by atoms with Gasteiger partial charge in [0.05, 0.1) is 10.0 Å². The molecule has 0 radical (unpaired) electrons. The van der Waals surface area contributed by atoms with Crippen molar-refractivity contribution in [1.29, 1.82) is 0 Å². The van der Waals surface area contributed by atoms with Crippen LogP contribution >= 0.6 is 23.2 Å². The fourth-order valence-corrected chi connectivity index (χ4v) is 2.30. The lowest BCUT2D eigenvalue weighted by molar-refractivity contribution is 0.669. The van der Waals surface area contributed by atoms with E-state index in [1.807, 2.05) is 36.4 Å². The van der Waals surface area contributed by atoms with Crippen molar-refractivity contribution in [3.05, 3.63) is 46.4 Å². The average molecular weight is 237 g/mol. The number of fused-ring (bicyclic) bond motifs is 3. The van der Waals surface area contributed by atoms with Gasteiger partial charge in [0.2, 0.25) is 0 Å². The molecule has 0 aliphatic rings. The second kappa shape index (κ2) is 3.16. The quantitative estimate of drug-likeness (QED) is 0.542. The molecule has 0 spiro atoms. The van der Waals surface area contributed by atoms with Crippen molar-refractivity contribution in [3.8, 4) is 0 Å². The second-order valence-corrected chi connectivity index (χ2v) is 4.14. The van der Waals surface area contributed by atoms with Crippen molar-refractivity contribution in [1.82, 2.24) is 0 Å². The Bertz CT molecular complexity index is 599. The molecule has 1 nitrogen and oxygen atoms in total. The fourth-order valence-electron chi connectivity index (χ4n) is 1.78. The van der Waals surface area contributed by atoms with Crippen LogP contribution < -0.4 is 0 Å². The number of benzene rings is 2. The van der Waals surface area contributed by atoms with Crippen molar-refractivity contribution in [2.45, 2.75) is 0 Å². The first kappa shape index (κ1) is 9.08. The third-order valence-electron chi connectivity index (χ3n) is 2.42. The van der Waals surface area contributed by atoms with Gasteiger partial charge in [-0.2, -0.15) is 0 Å². The Kier molecular flexibility index (Phi) is 1.91. The Morgan fingerprint density at radius 2 is 1.20 bits per heavy atom. The molecule has 0 aliphatic heterocycles. The Labute approximate surface area is 96.2 Å². The van der Waals surface area contributed by atoms with E-state index in [1.165, 1.54) is 0 Å². The minimum atomic E-state index is 0.666. The van der Waals surface area contributed by atoms with Gasteiger partial charge in [-0.25, -0.2) is 0 Å². The van der Waals surface area contributed by atoms with E-state index in [9.17, 15) is 0 Å². The van der Waals surface area contributed by atoms with E-state index >= 15 is 0 Å². The van der Waals surface area contributed by atoms with Crippen LogP contribution in [0.15, 0.2) is 40.8 Å². The van der Waals surface area contributed by atoms with E-state index in [1.54, 1.807) is 0 Å². The summed E-state index contributed by atoms with van der Waals surface area (Å²) in [6.45, 7) is 0. The minimum Gasteiger partial charge on any atom is -0.456 e. The number of rotatable bonds is 0. The monoisotopic (exact) mass is 236 g/mol. The van der Waals surface area contributed by atoms with Gasteiger partial charge in [-0.05, 0) is 24.3 Å². The standard InChI is InChI=1S/C12H6Cl2O/c13-7-3-1-5-9-11(7)12-8(14)4-2-6-10(12)15-9/h1-6H. The largest absolute Gasteiger partial charge is 0.456 e. The summed E-state index contributed by atoms with van der Waals surface area (Å²) in [5, 5.41) is 3.11. The molecule has 0 aliphatic carbocycles. The molecule has 1 aromatic heterocycles. The molecule has 0 fully saturated rings. The lowest BCUT2D eigenvalue weighted by Gasteiger charge is -1.94. The van der Waals surface area contributed by atoms with Crippen molar-refractivity contribution in [2.24, 2.45) is 0 Å². The molecule has 0 atom stereocenters. The van der Waals surface area contributed by atoms with Crippen molar-refractivity contribution in [2.75, 3.05) is 0 Å². The third kappa shape index (κ3) is 1.24. The summed E-state index contributed by atoms with van der Waals surface area (Å²) in [7, 11) is 0. The summed E-state index contributed by atoms with van der Waals surface area (Å²) in [5.74, 6) is 0. The summed E-state index contributed by atoms with van der Waals surface area (Å²) >= 11 is 12.3. The van der Waals surface area contributed by atoms with Crippen LogP contribution in [-0.4, -0.2) is 0 Å². The zero-order valence-electron chi connectivity index (χ0n) is 7.63. The van der Waals surface area contributed by atoms with Gasteiger partial charge >= 0.3 is 0 Å². The molecule has 3 aromatic rings. The Balaban J connectivity index is 2.67. The van der Waals surface area contributed by atoms with Crippen LogP contribution in [0.1, 0.15) is 0 Å². The normalized spacial score (nSPS) is 11.3. The van der Waals surface area contributed by atoms with Gasteiger partial charge in [0.15, 0.2) is 0 Å². The number of halogens is 2. The first-order chi connectivity index (χ1) is 7.27. The molecule has 0 saturated heterocycles. The maximum absolute atomic E-state index is 6.13. The molecule has 0 unspecified atom stereocenters. The SMILES string of the molecule is Clc1cccc2oc3cccc(Cl)c3c12. The number of hydrogen-bond acceptors (Lipinski definition) is 1. The van der Waals surface area contributed by atoms with Crippen LogP contribution in [0.4, 0.5) is 0 Å². The number of furan rings is 1. The van der Waals surface area contributed by atoms with E-state index in [0.29, 0.717) is 10.0 Å². The number of hydrogen-bond donors (Lipinski definition) is 0. The zero-order chi connectivity index (χ0) is 10.4. The predicted octanol–water partition coefficient (Wildman–Crippen LogP) is 4.89. The van der Waals surface area contributed by atoms with Gasteiger partial charge in [0.1, 0.15) is 11.2 Å². The zero-order valence-corrected chi connectivity index (χ0v) is 9.14. The van der Waals surface area contributed by atoms with E-state index < -0.39 is 0 Å². The van der Waals surface area contributed by atoms with Gasteiger partial charge < -0.3 is 4.42 Å². The van der Waals surface area contributed by atoms with Crippen LogP contribution in [-0.2, 0) is 0 Å². The first-order valence-corrected chi connectivity index (χ1v) is 5.28. The van der Waals surface area contributed by atoms with Gasteiger partial charge in [0.25, 0.3) is 0 Å². The van der Waals surface area contributed by atoms with E-state index in [-0.39, 0.29) is 0 Å². The molecule has 3 heteroatoms.